The lowest BCUT2D eigenvalue weighted by Gasteiger charge is -2.28. The third-order valence-electron chi connectivity index (χ3n) is 5.11. The molecule has 0 saturated carbocycles. The van der Waals surface area contributed by atoms with Crippen molar-refractivity contribution in [2.45, 2.75) is 57.6 Å². The van der Waals surface area contributed by atoms with Crippen molar-refractivity contribution in [3.63, 3.8) is 0 Å². The molecular formula is C20H31NO4S. The van der Waals surface area contributed by atoms with Crippen molar-refractivity contribution >= 4 is 21.4 Å². The lowest BCUT2D eigenvalue weighted by molar-refractivity contribution is -0.117. The zero-order valence-electron chi connectivity index (χ0n) is 16.5. The Balaban J connectivity index is 2.14. The molecule has 0 aliphatic carbocycles. The number of benzene rings is 1. The largest absolute Gasteiger partial charge is 0.381 e. The fourth-order valence-electron chi connectivity index (χ4n) is 2.92. The molecule has 1 heterocycles. The van der Waals surface area contributed by atoms with Crippen molar-refractivity contribution < 1.29 is 17.9 Å². The Morgan fingerprint density at radius 1 is 1.15 bits per heavy atom. The van der Waals surface area contributed by atoms with E-state index >= 15 is 0 Å². The first kappa shape index (κ1) is 20.9. The average molecular weight is 382 g/mol. The van der Waals surface area contributed by atoms with Crippen LogP contribution in [0.25, 0.3) is 0 Å². The first-order valence-electron chi connectivity index (χ1n) is 9.15. The van der Waals surface area contributed by atoms with Crippen LogP contribution in [-0.4, -0.2) is 38.0 Å². The molecule has 1 fully saturated rings. The molecule has 26 heavy (non-hydrogen) atoms. The molecule has 0 atom stereocenters. The van der Waals surface area contributed by atoms with Gasteiger partial charge < -0.3 is 10.1 Å². The fourth-order valence-corrected chi connectivity index (χ4v) is 4.62. The quantitative estimate of drug-likeness (QED) is 0.847. The SMILES string of the molecule is CC(C)(C)c1cccc(NC(=O)C(C)(C)S(=O)(=O)CC2CCOCC2)c1. The van der Waals surface area contributed by atoms with Gasteiger partial charge in [0.2, 0.25) is 5.91 Å². The maximum absolute atomic E-state index is 12.9. The molecule has 1 amide bonds. The maximum Gasteiger partial charge on any atom is 0.245 e. The highest BCUT2D eigenvalue weighted by molar-refractivity contribution is 7.93. The summed E-state index contributed by atoms with van der Waals surface area (Å²) in [6.07, 6.45) is 1.45. The standard InChI is InChI=1S/C20H31NO4S/c1-19(2,3)16-7-6-8-17(13-16)21-18(22)20(4,5)26(23,24)14-15-9-11-25-12-10-15/h6-8,13,15H,9-12,14H2,1-5H3,(H,21,22). The molecule has 1 aromatic carbocycles. The van der Waals surface area contributed by atoms with Gasteiger partial charge in [-0.1, -0.05) is 32.9 Å². The second-order valence-electron chi connectivity index (χ2n) is 8.63. The van der Waals surface area contributed by atoms with Crippen LogP contribution in [0.5, 0.6) is 0 Å². The molecule has 1 saturated heterocycles. The Hall–Kier alpha value is -1.40. The zero-order chi connectivity index (χ0) is 19.6. The van der Waals surface area contributed by atoms with E-state index in [1.54, 1.807) is 6.07 Å². The molecule has 0 aromatic heterocycles. The predicted molar refractivity (Wildman–Crippen MR) is 105 cm³/mol. The first-order valence-corrected chi connectivity index (χ1v) is 10.8. The van der Waals surface area contributed by atoms with Crippen molar-refractivity contribution in [1.82, 2.24) is 0 Å². The van der Waals surface area contributed by atoms with E-state index in [4.69, 9.17) is 4.74 Å². The monoisotopic (exact) mass is 381 g/mol. The van der Waals surface area contributed by atoms with E-state index in [0.717, 1.165) is 18.4 Å². The summed E-state index contributed by atoms with van der Waals surface area (Å²) in [5.41, 5.74) is 1.65. The minimum absolute atomic E-state index is 0.0266. The topological polar surface area (TPSA) is 72.5 Å². The minimum Gasteiger partial charge on any atom is -0.381 e. The summed E-state index contributed by atoms with van der Waals surface area (Å²) in [6, 6.07) is 7.57. The van der Waals surface area contributed by atoms with E-state index in [9.17, 15) is 13.2 Å². The number of nitrogens with one attached hydrogen (secondary N) is 1. The first-order chi connectivity index (χ1) is 11.9. The van der Waals surface area contributed by atoms with Gasteiger partial charge in [0, 0.05) is 18.9 Å². The minimum atomic E-state index is -3.58. The van der Waals surface area contributed by atoms with Crippen LogP contribution < -0.4 is 5.32 Å². The number of rotatable bonds is 5. The van der Waals surface area contributed by atoms with Crippen LogP contribution in [0.2, 0.25) is 0 Å². The smallest absolute Gasteiger partial charge is 0.245 e. The average Bonchev–Trinajstić information content (AvgIpc) is 2.54. The summed E-state index contributed by atoms with van der Waals surface area (Å²) in [7, 11) is -3.58. The Morgan fingerprint density at radius 3 is 2.35 bits per heavy atom. The predicted octanol–water partition coefficient (Wildman–Crippen LogP) is 3.54. The highest BCUT2D eigenvalue weighted by atomic mass is 32.2. The lowest BCUT2D eigenvalue weighted by atomic mass is 9.87. The molecule has 1 aliphatic rings. The van der Waals surface area contributed by atoms with Crippen LogP contribution in [0.3, 0.4) is 0 Å². The van der Waals surface area contributed by atoms with Crippen molar-refractivity contribution in [3.05, 3.63) is 29.8 Å². The van der Waals surface area contributed by atoms with Gasteiger partial charge in [-0.3, -0.25) is 4.79 Å². The molecule has 1 N–H and O–H groups in total. The van der Waals surface area contributed by atoms with Gasteiger partial charge in [0.25, 0.3) is 0 Å². The van der Waals surface area contributed by atoms with E-state index in [0.29, 0.717) is 18.9 Å². The number of sulfone groups is 1. The third-order valence-corrected chi connectivity index (χ3v) is 7.76. The van der Waals surface area contributed by atoms with E-state index in [2.05, 4.69) is 26.1 Å². The Morgan fingerprint density at radius 2 is 1.77 bits per heavy atom. The normalized spacial score (nSPS) is 17.1. The van der Waals surface area contributed by atoms with Crippen LogP contribution in [0.4, 0.5) is 5.69 Å². The van der Waals surface area contributed by atoms with E-state index in [-0.39, 0.29) is 17.1 Å². The molecule has 2 rings (SSSR count). The van der Waals surface area contributed by atoms with Gasteiger partial charge in [-0.2, -0.15) is 0 Å². The van der Waals surface area contributed by atoms with Gasteiger partial charge >= 0.3 is 0 Å². The zero-order valence-corrected chi connectivity index (χ0v) is 17.3. The van der Waals surface area contributed by atoms with Crippen molar-refractivity contribution in [1.29, 1.82) is 0 Å². The second kappa shape index (κ2) is 7.69. The van der Waals surface area contributed by atoms with Crippen LogP contribution in [0.1, 0.15) is 53.0 Å². The number of hydrogen-bond acceptors (Lipinski definition) is 4. The van der Waals surface area contributed by atoms with Gasteiger partial charge in [-0.15, -0.1) is 0 Å². The molecular weight excluding hydrogens is 350 g/mol. The maximum atomic E-state index is 12.9. The number of carbonyl (C=O) groups excluding carboxylic acids is 1. The van der Waals surface area contributed by atoms with Crippen LogP contribution >= 0.6 is 0 Å². The van der Waals surface area contributed by atoms with Crippen molar-refractivity contribution in [2.24, 2.45) is 5.92 Å². The summed E-state index contributed by atoms with van der Waals surface area (Å²) in [5.74, 6) is -0.403. The van der Waals surface area contributed by atoms with Crippen LogP contribution in [-0.2, 0) is 24.8 Å². The molecule has 0 unspecified atom stereocenters. The highest BCUT2D eigenvalue weighted by Crippen LogP contribution is 2.28. The van der Waals surface area contributed by atoms with Gasteiger partial charge in [0.15, 0.2) is 9.84 Å². The van der Waals surface area contributed by atoms with Crippen molar-refractivity contribution in [2.75, 3.05) is 24.3 Å². The van der Waals surface area contributed by atoms with E-state index in [1.165, 1.54) is 13.8 Å². The van der Waals surface area contributed by atoms with Crippen LogP contribution in [0, 0.1) is 5.92 Å². The molecule has 1 aliphatic heterocycles. The molecule has 5 nitrogen and oxygen atoms in total. The summed E-state index contributed by atoms with van der Waals surface area (Å²) in [6.45, 7) is 10.4. The van der Waals surface area contributed by atoms with Gasteiger partial charge in [-0.05, 0) is 55.7 Å². The Kier molecular flexibility index (Phi) is 6.18. The number of anilines is 1. The molecule has 146 valence electrons. The molecule has 0 bridgehead atoms. The molecule has 6 heteroatoms. The fraction of sp³-hybridized carbons (Fsp3) is 0.650. The van der Waals surface area contributed by atoms with E-state index < -0.39 is 20.5 Å². The lowest BCUT2D eigenvalue weighted by Crippen LogP contribution is -2.47. The number of ether oxygens (including phenoxy) is 1. The van der Waals surface area contributed by atoms with Crippen molar-refractivity contribution in [3.8, 4) is 0 Å². The Bertz CT molecular complexity index is 741. The van der Waals surface area contributed by atoms with Gasteiger partial charge in [0.05, 0.1) is 5.75 Å². The van der Waals surface area contributed by atoms with Gasteiger partial charge in [-0.25, -0.2) is 8.42 Å². The second-order valence-corrected chi connectivity index (χ2v) is 11.2. The summed E-state index contributed by atoms with van der Waals surface area (Å²) < 4.78 is 29.6. The summed E-state index contributed by atoms with van der Waals surface area (Å²) in [4.78, 5) is 12.8. The van der Waals surface area contributed by atoms with Crippen LogP contribution in [0.15, 0.2) is 24.3 Å². The third kappa shape index (κ3) is 4.86. The molecule has 0 spiro atoms. The van der Waals surface area contributed by atoms with E-state index in [1.807, 2.05) is 18.2 Å². The number of amides is 1. The number of carbonyl (C=O) groups is 1. The number of hydrogen-bond donors (Lipinski definition) is 1. The summed E-state index contributed by atoms with van der Waals surface area (Å²) >= 11 is 0. The molecule has 0 radical (unpaired) electrons. The summed E-state index contributed by atoms with van der Waals surface area (Å²) in [5, 5.41) is 2.80. The Labute approximate surface area is 157 Å². The highest BCUT2D eigenvalue weighted by Gasteiger charge is 2.42. The molecule has 1 aromatic rings. The van der Waals surface area contributed by atoms with Gasteiger partial charge in [0.1, 0.15) is 4.75 Å².